The van der Waals surface area contributed by atoms with Gasteiger partial charge in [0.2, 0.25) is 0 Å². The molecule has 5 heteroatoms. The van der Waals surface area contributed by atoms with Gasteiger partial charge >= 0.3 is 0 Å². The Bertz CT molecular complexity index is 460. The zero-order chi connectivity index (χ0) is 11.5. The molecule has 2 aromatic rings. The van der Waals surface area contributed by atoms with Crippen molar-refractivity contribution in [1.29, 1.82) is 0 Å². The normalized spacial score (nSPS) is 12.9. The molecule has 1 atom stereocenters. The van der Waals surface area contributed by atoms with Crippen LogP contribution in [0, 0.1) is 6.92 Å². The van der Waals surface area contributed by atoms with Crippen LogP contribution in [0.3, 0.4) is 0 Å². The van der Waals surface area contributed by atoms with Gasteiger partial charge in [-0.2, -0.15) is 0 Å². The largest absolute Gasteiger partial charge is 0.359 e. The second kappa shape index (κ2) is 4.49. The van der Waals surface area contributed by atoms with Gasteiger partial charge in [-0.1, -0.05) is 12.1 Å². The quantitative estimate of drug-likeness (QED) is 0.850. The molecule has 0 aliphatic carbocycles. The van der Waals surface area contributed by atoms with E-state index in [-0.39, 0.29) is 6.04 Å². The van der Waals surface area contributed by atoms with Crippen LogP contribution < -0.4 is 5.73 Å². The molecule has 0 aliphatic rings. The predicted molar refractivity (Wildman–Crippen MR) is 59.8 cm³/mol. The highest BCUT2D eigenvalue weighted by Crippen LogP contribution is 2.15. The van der Waals surface area contributed by atoms with E-state index in [1.807, 2.05) is 17.6 Å². The molecular weight excluding hydrogens is 204 g/mol. The monoisotopic (exact) mass is 220 g/mol. The van der Waals surface area contributed by atoms with E-state index in [0.717, 1.165) is 23.6 Å². The van der Waals surface area contributed by atoms with Crippen molar-refractivity contribution in [3.63, 3.8) is 0 Å². The Morgan fingerprint density at radius 2 is 2.38 bits per heavy atom. The van der Waals surface area contributed by atoms with Gasteiger partial charge in [-0.15, -0.1) is 0 Å². The van der Waals surface area contributed by atoms with Gasteiger partial charge in [-0.25, -0.2) is 4.98 Å². The van der Waals surface area contributed by atoms with Crippen LogP contribution >= 0.6 is 0 Å². The standard InChI is InChI=1S/C11H16N4O/c1-3-10(12)11-5-13-7-15(11)6-9-4-8(2)14-16-9/h4-5,7,10H,3,6,12H2,1-2H3/t10-/m1/s1. The minimum Gasteiger partial charge on any atom is -0.359 e. The second-order valence-electron chi connectivity index (χ2n) is 3.90. The van der Waals surface area contributed by atoms with Gasteiger partial charge in [0.25, 0.3) is 0 Å². The second-order valence-corrected chi connectivity index (χ2v) is 3.90. The lowest BCUT2D eigenvalue weighted by molar-refractivity contribution is 0.370. The van der Waals surface area contributed by atoms with E-state index in [0.29, 0.717) is 6.54 Å². The van der Waals surface area contributed by atoms with E-state index >= 15 is 0 Å². The molecular formula is C11H16N4O. The number of aryl methyl sites for hydroxylation is 1. The Morgan fingerprint density at radius 3 is 3.00 bits per heavy atom. The molecule has 0 aliphatic heterocycles. The lowest BCUT2D eigenvalue weighted by atomic mass is 10.2. The highest BCUT2D eigenvalue weighted by atomic mass is 16.5. The fraction of sp³-hybridized carbons (Fsp3) is 0.455. The number of imidazole rings is 1. The molecule has 2 rings (SSSR count). The van der Waals surface area contributed by atoms with Crippen LogP contribution in [0.1, 0.15) is 36.5 Å². The molecule has 16 heavy (non-hydrogen) atoms. The van der Waals surface area contributed by atoms with Crippen molar-refractivity contribution in [2.45, 2.75) is 32.9 Å². The van der Waals surface area contributed by atoms with Gasteiger partial charge < -0.3 is 14.8 Å². The van der Waals surface area contributed by atoms with E-state index in [4.69, 9.17) is 10.3 Å². The average molecular weight is 220 g/mol. The summed E-state index contributed by atoms with van der Waals surface area (Å²) < 4.78 is 7.16. The van der Waals surface area contributed by atoms with Crippen LogP contribution in [-0.4, -0.2) is 14.7 Å². The fourth-order valence-electron chi connectivity index (χ4n) is 1.64. The molecule has 0 fully saturated rings. The number of hydrogen-bond acceptors (Lipinski definition) is 4. The van der Waals surface area contributed by atoms with E-state index in [1.54, 1.807) is 12.5 Å². The number of nitrogens with two attached hydrogens (primary N) is 1. The number of aromatic nitrogens is 3. The first-order chi connectivity index (χ1) is 7.70. The summed E-state index contributed by atoms with van der Waals surface area (Å²) in [7, 11) is 0. The first-order valence-electron chi connectivity index (χ1n) is 5.38. The summed E-state index contributed by atoms with van der Waals surface area (Å²) >= 11 is 0. The van der Waals surface area contributed by atoms with Crippen LogP contribution in [0.2, 0.25) is 0 Å². The summed E-state index contributed by atoms with van der Waals surface area (Å²) in [5.41, 5.74) is 7.90. The number of rotatable bonds is 4. The first-order valence-corrected chi connectivity index (χ1v) is 5.38. The third-order valence-corrected chi connectivity index (χ3v) is 2.57. The van der Waals surface area contributed by atoms with Crippen molar-refractivity contribution >= 4 is 0 Å². The van der Waals surface area contributed by atoms with Gasteiger partial charge in [0, 0.05) is 18.3 Å². The van der Waals surface area contributed by atoms with Crippen LogP contribution in [0.25, 0.3) is 0 Å². The SMILES string of the molecule is CC[C@@H](N)c1cncn1Cc1cc(C)no1. The average Bonchev–Trinajstić information content (AvgIpc) is 2.87. The minimum atomic E-state index is 0.0199. The highest BCUT2D eigenvalue weighted by molar-refractivity contribution is 5.09. The zero-order valence-electron chi connectivity index (χ0n) is 9.55. The number of nitrogens with zero attached hydrogens (tertiary/aromatic N) is 3. The Balaban J connectivity index is 2.18. The molecule has 0 saturated heterocycles. The summed E-state index contributed by atoms with van der Waals surface area (Å²) in [5, 5.41) is 3.85. The van der Waals surface area contributed by atoms with Crippen LogP contribution in [0.5, 0.6) is 0 Å². The topological polar surface area (TPSA) is 69.9 Å². The Morgan fingerprint density at radius 1 is 1.56 bits per heavy atom. The summed E-state index contributed by atoms with van der Waals surface area (Å²) in [6.07, 6.45) is 4.46. The van der Waals surface area contributed by atoms with Crippen LogP contribution in [0.15, 0.2) is 23.1 Å². The van der Waals surface area contributed by atoms with Gasteiger partial charge in [0.05, 0.1) is 24.3 Å². The van der Waals surface area contributed by atoms with Crippen molar-refractivity contribution in [2.75, 3.05) is 0 Å². The van der Waals surface area contributed by atoms with E-state index < -0.39 is 0 Å². The summed E-state index contributed by atoms with van der Waals surface area (Å²) in [6, 6.07) is 1.94. The molecule has 0 radical (unpaired) electrons. The van der Waals surface area contributed by atoms with Crippen LogP contribution in [-0.2, 0) is 6.54 Å². The molecule has 86 valence electrons. The van der Waals surface area contributed by atoms with Crippen molar-refractivity contribution in [3.05, 3.63) is 35.7 Å². The van der Waals surface area contributed by atoms with Gasteiger partial charge in [0.15, 0.2) is 5.76 Å². The molecule has 0 unspecified atom stereocenters. The third-order valence-electron chi connectivity index (χ3n) is 2.57. The Hall–Kier alpha value is -1.62. The van der Waals surface area contributed by atoms with Gasteiger partial charge in [-0.3, -0.25) is 0 Å². The zero-order valence-corrected chi connectivity index (χ0v) is 9.55. The molecule has 0 bridgehead atoms. The van der Waals surface area contributed by atoms with Crippen molar-refractivity contribution < 1.29 is 4.52 Å². The highest BCUT2D eigenvalue weighted by Gasteiger charge is 2.11. The lowest BCUT2D eigenvalue weighted by Gasteiger charge is -2.11. The maximum Gasteiger partial charge on any atom is 0.156 e. The molecule has 0 spiro atoms. The Labute approximate surface area is 94.3 Å². The van der Waals surface area contributed by atoms with E-state index in [9.17, 15) is 0 Å². The van der Waals surface area contributed by atoms with Crippen molar-refractivity contribution in [1.82, 2.24) is 14.7 Å². The van der Waals surface area contributed by atoms with Crippen molar-refractivity contribution in [3.8, 4) is 0 Å². The minimum absolute atomic E-state index is 0.0199. The van der Waals surface area contributed by atoms with E-state index in [1.165, 1.54) is 0 Å². The molecule has 2 aromatic heterocycles. The summed E-state index contributed by atoms with van der Waals surface area (Å²) in [5.74, 6) is 0.819. The summed E-state index contributed by atoms with van der Waals surface area (Å²) in [4.78, 5) is 4.12. The van der Waals surface area contributed by atoms with Gasteiger partial charge in [0.1, 0.15) is 0 Å². The predicted octanol–water partition coefficient (Wildman–Crippen LogP) is 1.64. The molecule has 2 heterocycles. The summed E-state index contributed by atoms with van der Waals surface area (Å²) in [6.45, 7) is 4.59. The third kappa shape index (κ3) is 2.14. The molecule has 2 N–H and O–H groups in total. The van der Waals surface area contributed by atoms with Crippen molar-refractivity contribution in [2.24, 2.45) is 5.73 Å². The Kier molecular flexibility index (Phi) is 3.05. The maximum atomic E-state index is 5.99. The fourth-order valence-corrected chi connectivity index (χ4v) is 1.64. The molecule has 5 nitrogen and oxygen atoms in total. The van der Waals surface area contributed by atoms with Gasteiger partial charge in [-0.05, 0) is 13.3 Å². The molecule has 0 aromatic carbocycles. The smallest absolute Gasteiger partial charge is 0.156 e. The number of hydrogen-bond donors (Lipinski definition) is 1. The maximum absolute atomic E-state index is 5.99. The van der Waals surface area contributed by atoms with Crippen LogP contribution in [0.4, 0.5) is 0 Å². The first kappa shape index (κ1) is 10.9. The lowest BCUT2D eigenvalue weighted by Crippen LogP contribution is -2.14. The molecule has 0 saturated carbocycles. The van der Waals surface area contributed by atoms with E-state index in [2.05, 4.69) is 17.1 Å². The molecule has 0 amide bonds.